The van der Waals surface area contributed by atoms with Crippen molar-refractivity contribution in [1.29, 1.82) is 0 Å². The minimum atomic E-state index is 0. The SMILES string of the molecule is C1COC(COCC2CCCO2)C1.[Ti+4]. The molecule has 0 saturated carbocycles. The molecule has 2 heterocycles. The van der Waals surface area contributed by atoms with Crippen LogP contribution >= 0.6 is 0 Å². The van der Waals surface area contributed by atoms with Crippen LogP contribution < -0.4 is 0 Å². The van der Waals surface area contributed by atoms with Gasteiger partial charge in [0.1, 0.15) is 0 Å². The molecule has 0 N–H and O–H groups in total. The maximum Gasteiger partial charge on any atom is 4.00 e. The first-order chi connectivity index (χ1) is 6.45. The Labute approximate surface area is 100 Å². The summed E-state index contributed by atoms with van der Waals surface area (Å²) in [6, 6.07) is 0. The van der Waals surface area contributed by atoms with Crippen LogP contribution in [0.5, 0.6) is 0 Å². The van der Waals surface area contributed by atoms with Gasteiger partial charge >= 0.3 is 21.7 Å². The molecule has 76 valence electrons. The van der Waals surface area contributed by atoms with Crippen LogP contribution in [0.2, 0.25) is 0 Å². The third kappa shape index (κ3) is 3.99. The zero-order valence-electron chi connectivity index (χ0n) is 8.54. The molecule has 0 amide bonds. The average molecular weight is 234 g/mol. The second kappa shape index (κ2) is 6.97. The number of hydrogen-bond acceptors (Lipinski definition) is 3. The van der Waals surface area contributed by atoms with E-state index in [0.717, 1.165) is 39.3 Å². The first-order valence-electron chi connectivity index (χ1n) is 5.26. The van der Waals surface area contributed by atoms with Crippen molar-refractivity contribution in [3.05, 3.63) is 0 Å². The molecule has 2 atom stereocenters. The van der Waals surface area contributed by atoms with Crippen molar-refractivity contribution < 1.29 is 35.9 Å². The second-order valence-electron chi connectivity index (χ2n) is 3.81. The largest absolute Gasteiger partial charge is 4.00 e. The molecule has 0 spiro atoms. The summed E-state index contributed by atoms with van der Waals surface area (Å²) in [7, 11) is 0. The molecule has 2 fully saturated rings. The van der Waals surface area contributed by atoms with Gasteiger partial charge in [-0.2, -0.15) is 0 Å². The monoisotopic (exact) mass is 234 g/mol. The van der Waals surface area contributed by atoms with Crippen LogP contribution in [-0.2, 0) is 35.9 Å². The normalized spacial score (nSPS) is 31.7. The van der Waals surface area contributed by atoms with Gasteiger partial charge in [-0.25, -0.2) is 0 Å². The van der Waals surface area contributed by atoms with E-state index in [1.54, 1.807) is 0 Å². The van der Waals surface area contributed by atoms with Gasteiger partial charge in [-0.05, 0) is 25.7 Å². The van der Waals surface area contributed by atoms with Crippen molar-refractivity contribution in [2.24, 2.45) is 0 Å². The molecule has 14 heavy (non-hydrogen) atoms. The first kappa shape index (κ1) is 12.7. The smallest absolute Gasteiger partial charge is 0.376 e. The summed E-state index contributed by atoms with van der Waals surface area (Å²) >= 11 is 0. The van der Waals surface area contributed by atoms with Gasteiger partial charge in [0, 0.05) is 13.2 Å². The summed E-state index contributed by atoms with van der Waals surface area (Å²) in [5.74, 6) is 0. The molecule has 0 aromatic heterocycles. The fourth-order valence-electron chi connectivity index (χ4n) is 1.88. The van der Waals surface area contributed by atoms with Gasteiger partial charge < -0.3 is 14.2 Å². The molecular formula is C10H18O3Ti+4. The molecule has 3 nitrogen and oxygen atoms in total. The Morgan fingerprint density at radius 3 is 1.79 bits per heavy atom. The summed E-state index contributed by atoms with van der Waals surface area (Å²) in [5, 5.41) is 0. The van der Waals surface area contributed by atoms with Gasteiger partial charge in [0.05, 0.1) is 25.4 Å². The summed E-state index contributed by atoms with van der Waals surface area (Å²) in [6.07, 6.45) is 5.39. The standard InChI is InChI=1S/C10H18O3.Ti/c1-3-9(12-5-1)7-11-8-10-4-2-6-13-10;/h9-10H,1-8H2;/q;+4. The van der Waals surface area contributed by atoms with E-state index in [0.29, 0.717) is 12.2 Å². The number of hydrogen-bond donors (Lipinski definition) is 0. The topological polar surface area (TPSA) is 27.7 Å². The van der Waals surface area contributed by atoms with E-state index in [4.69, 9.17) is 14.2 Å². The van der Waals surface area contributed by atoms with Crippen molar-refractivity contribution in [2.45, 2.75) is 37.9 Å². The van der Waals surface area contributed by atoms with Gasteiger partial charge in [0.15, 0.2) is 0 Å². The van der Waals surface area contributed by atoms with Gasteiger partial charge in [-0.1, -0.05) is 0 Å². The molecule has 2 saturated heterocycles. The van der Waals surface area contributed by atoms with Crippen LogP contribution in [0.15, 0.2) is 0 Å². The van der Waals surface area contributed by atoms with Gasteiger partial charge in [0.2, 0.25) is 0 Å². The van der Waals surface area contributed by atoms with Crippen LogP contribution in [0, 0.1) is 0 Å². The Bertz CT molecular complexity index is 126. The molecule has 2 unspecified atom stereocenters. The van der Waals surface area contributed by atoms with Crippen molar-refractivity contribution in [3.8, 4) is 0 Å². The maximum absolute atomic E-state index is 5.55. The summed E-state index contributed by atoms with van der Waals surface area (Å²) in [6.45, 7) is 3.32. The van der Waals surface area contributed by atoms with Crippen LogP contribution in [-0.4, -0.2) is 38.6 Å². The Morgan fingerprint density at radius 2 is 1.43 bits per heavy atom. The first-order valence-corrected chi connectivity index (χ1v) is 5.26. The summed E-state index contributed by atoms with van der Waals surface area (Å²) in [4.78, 5) is 0. The Kier molecular flexibility index (Phi) is 6.30. The Morgan fingerprint density at radius 1 is 0.929 bits per heavy atom. The van der Waals surface area contributed by atoms with Gasteiger partial charge in [-0.3, -0.25) is 0 Å². The Balaban J connectivity index is 0.000000980. The predicted octanol–water partition coefficient (Wildman–Crippen LogP) is 1.36. The molecule has 0 aromatic rings. The van der Waals surface area contributed by atoms with Crippen molar-refractivity contribution >= 4 is 0 Å². The van der Waals surface area contributed by atoms with E-state index in [9.17, 15) is 0 Å². The second-order valence-corrected chi connectivity index (χ2v) is 3.81. The van der Waals surface area contributed by atoms with Crippen LogP contribution in [0.25, 0.3) is 0 Å². The number of ether oxygens (including phenoxy) is 3. The summed E-state index contributed by atoms with van der Waals surface area (Å²) in [5.41, 5.74) is 0. The fraction of sp³-hybridized carbons (Fsp3) is 1.00. The van der Waals surface area contributed by atoms with Gasteiger partial charge in [0.25, 0.3) is 0 Å². The van der Waals surface area contributed by atoms with Crippen molar-refractivity contribution in [2.75, 3.05) is 26.4 Å². The Hall–Kier alpha value is 0.594. The molecule has 2 aliphatic rings. The molecule has 4 heteroatoms. The molecule has 0 aliphatic carbocycles. The third-order valence-electron chi connectivity index (χ3n) is 2.66. The fourth-order valence-corrected chi connectivity index (χ4v) is 1.88. The van der Waals surface area contributed by atoms with E-state index in [1.807, 2.05) is 0 Å². The predicted molar refractivity (Wildman–Crippen MR) is 48.8 cm³/mol. The zero-order chi connectivity index (χ0) is 8.93. The summed E-state index contributed by atoms with van der Waals surface area (Å²) < 4.78 is 16.5. The molecule has 2 rings (SSSR count). The molecule has 0 aromatic carbocycles. The van der Waals surface area contributed by atoms with Crippen molar-refractivity contribution in [3.63, 3.8) is 0 Å². The van der Waals surface area contributed by atoms with Crippen LogP contribution in [0.4, 0.5) is 0 Å². The van der Waals surface area contributed by atoms with Crippen molar-refractivity contribution in [1.82, 2.24) is 0 Å². The van der Waals surface area contributed by atoms with E-state index >= 15 is 0 Å². The minimum absolute atomic E-state index is 0. The maximum atomic E-state index is 5.55. The number of rotatable bonds is 4. The van der Waals surface area contributed by atoms with E-state index < -0.39 is 0 Å². The van der Waals surface area contributed by atoms with Crippen LogP contribution in [0.1, 0.15) is 25.7 Å². The van der Waals surface area contributed by atoms with E-state index in [-0.39, 0.29) is 21.7 Å². The molecular weight excluding hydrogens is 216 g/mol. The molecule has 2 aliphatic heterocycles. The van der Waals surface area contributed by atoms with E-state index in [1.165, 1.54) is 12.8 Å². The minimum Gasteiger partial charge on any atom is -0.376 e. The van der Waals surface area contributed by atoms with E-state index in [2.05, 4.69) is 0 Å². The average Bonchev–Trinajstić information content (AvgIpc) is 2.75. The van der Waals surface area contributed by atoms with Crippen LogP contribution in [0.3, 0.4) is 0 Å². The quantitative estimate of drug-likeness (QED) is 0.687. The third-order valence-corrected chi connectivity index (χ3v) is 2.66. The molecule has 0 radical (unpaired) electrons. The zero-order valence-corrected chi connectivity index (χ0v) is 10.1. The van der Waals surface area contributed by atoms with Gasteiger partial charge in [-0.15, -0.1) is 0 Å². The molecule has 0 bridgehead atoms.